The maximum absolute atomic E-state index is 4.31. The predicted octanol–water partition coefficient (Wildman–Crippen LogP) is 3.94. The van der Waals surface area contributed by atoms with Crippen molar-refractivity contribution in [1.82, 2.24) is 10.3 Å². The SMILES string of the molecule is Cc1ncsc1CCN[C@H](C)C1CCCCCC1. The Balaban J connectivity index is 1.70. The molecule has 1 atom stereocenters. The maximum Gasteiger partial charge on any atom is 0.0797 e. The lowest BCUT2D eigenvalue weighted by atomic mass is 9.93. The number of hydrogen-bond acceptors (Lipinski definition) is 3. The Bertz CT molecular complexity index is 340. The van der Waals surface area contributed by atoms with Gasteiger partial charge in [-0.15, -0.1) is 11.3 Å². The number of thiazole rings is 1. The first-order valence-electron chi connectivity index (χ1n) is 7.39. The number of aromatic nitrogens is 1. The zero-order valence-electron chi connectivity index (χ0n) is 11.7. The number of rotatable bonds is 5. The molecule has 0 spiro atoms. The lowest BCUT2D eigenvalue weighted by Gasteiger charge is -2.23. The van der Waals surface area contributed by atoms with Crippen LogP contribution in [-0.2, 0) is 6.42 Å². The summed E-state index contributed by atoms with van der Waals surface area (Å²) in [7, 11) is 0. The molecule has 0 radical (unpaired) electrons. The molecule has 1 N–H and O–H groups in total. The van der Waals surface area contributed by atoms with Gasteiger partial charge in [-0.2, -0.15) is 0 Å². The molecular weight excluding hydrogens is 240 g/mol. The van der Waals surface area contributed by atoms with Gasteiger partial charge in [0, 0.05) is 17.5 Å². The molecule has 2 rings (SSSR count). The first kappa shape index (κ1) is 14.0. The van der Waals surface area contributed by atoms with Crippen molar-refractivity contribution in [3.05, 3.63) is 16.1 Å². The predicted molar refractivity (Wildman–Crippen MR) is 79.2 cm³/mol. The first-order valence-corrected chi connectivity index (χ1v) is 8.27. The summed E-state index contributed by atoms with van der Waals surface area (Å²) in [5.74, 6) is 0.898. The molecule has 18 heavy (non-hydrogen) atoms. The molecule has 1 aromatic heterocycles. The molecule has 0 amide bonds. The summed E-state index contributed by atoms with van der Waals surface area (Å²) in [5, 5.41) is 3.72. The van der Waals surface area contributed by atoms with Crippen LogP contribution in [0.1, 0.15) is 56.0 Å². The summed E-state index contributed by atoms with van der Waals surface area (Å²) in [4.78, 5) is 5.75. The molecule has 0 aromatic carbocycles. The van der Waals surface area contributed by atoms with Gasteiger partial charge in [0.05, 0.1) is 11.2 Å². The highest BCUT2D eigenvalue weighted by Gasteiger charge is 2.18. The quantitative estimate of drug-likeness (QED) is 0.816. The standard InChI is InChI=1S/C15H26N2S/c1-12(14-7-5-3-4-6-8-14)16-10-9-15-13(2)17-11-18-15/h11-12,14,16H,3-10H2,1-2H3/t12-/m1/s1. The summed E-state index contributed by atoms with van der Waals surface area (Å²) in [6.07, 6.45) is 9.75. The molecule has 1 fully saturated rings. The number of nitrogens with zero attached hydrogens (tertiary/aromatic N) is 1. The fourth-order valence-corrected chi connectivity index (χ4v) is 3.74. The van der Waals surface area contributed by atoms with Gasteiger partial charge in [-0.3, -0.25) is 0 Å². The molecular formula is C15H26N2S. The third-order valence-electron chi connectivity index (χ3n) is 4.27. The van der Waals surface area contributed by atoms with Crippen molar-refractivity contribution in [2.45, 2.75) is 64.8 Å². The number of aryl methyl sites for hydroxylation is 1. The molecule has 0 saturated heterocycles. The van der Waals surface area contributed by atoms with Gasteiger partial charge >= 0.3 is 0 Å². The molecule has 1 aromatic rings. The average molecular weight is 266 g/mol. The topological polar surface area (TPSA) is 24.9 Å². The van der Waals surface area contributed by atoms with Crippen molar-refractivity contribution in [1.29, 1.82) is 0 Å². The Kier molecular flexibility index (Phi) is 5.64. The zero-order chi connectivity index (χ0) is 12.8. The molecule has 1 saturated carbocycles. The Morgan fingerprint density at radius 1 is 1.33 bits per heavy atom. The van der Waals surface area contributed by atoms with Crippen LogP contribution in [0.15, 0.2) is 5.51 Å². The fraction of sp³-hybridized carbons (Fsp3) is 0.800. The van der Waals surface area contributed by atoms with E-state index in [2.05, 4.69) is 24.1 Å². The summed E-state index contributed by atoms with van der Waals surface area (Å²) >= 11 is 1.79. The number of nitrogens with one attached hydrogen (secondary N) is 1. The van der Waals surface area contributed by atoms with Crippen LogP contribution < -0.4 is 5.32 Å². The summed E-state index contributed by atoms with van der Waals surface area (Å²) < 4.78 is 0. The van der Waals surface area contributed by atoms with Crippen molar-refractivity contribution in [2.75, 3.05) is 6.54 Å². The van der Waals surface area contributed by atoms with E-state index in [1.165, 1.54) is 49.1 Å². The second-order valence-corrected chi connectivity index (χ2v) is 6.54. The number of hydrogen-bond donors (Lipinski definition) is 1. The van der Waals surface area contributed by atoms with Crippen molar-refractivity contribution in [2.24, 2.45) is 5.92 Å². The van der Waals surface area contributed by atoms with E-state index in [-0.39, 0.29) is 0 Å². The van der Waals surface area contributed by atoms with Crippen LogP contribution in [0.25, 0.3) is 0 Å². The highest BCUT2D eigenvalue weighted by atomic mass is 32.1. The van der Waals surface area contributed by atoms with Gasteiger partial charge in [0.15, 0.2) is 0 Å². The van der Waals surface area contributed by atoms with E-state index < -0.39 is 0 Å². The van der Waals surface area contributed by atoms with E-state index in [4.69, 9.17) is 0 Å². The van der Waals surface area contributed by atoms with Crippen molar-refractivity contribution >= 4 is 11.3 Å². The van der Waals surface area contributed by atoms with Gasteiger partial charge in [-0.1, -0.05) is 25.7 Å². The smallest absolute Gasteiger partial charge is 0.0797 e. The molecule has 3 heteroatoms. The van der Waals surface area contributed by atoms with Gasteiger partial charge in [0.2, 0.25) is 0 Å². The monoisotopic (exact) mass is 266 g/mol. The minimum absolute atomic E-state index is 0.677. The normalized spacial score (nSPS) is 19.7. The van der Waals surface area contributed by atoms with Crippen molar-refractivity contribution in [3.8, 4) is 0 Å². The van der Waals surface area contributed by atoms with E-state index in [0.717, 1.165) is 18.9 Å². The van der Waals surface area contributed by atoms with Gasteiger partial charge in [0.25, 0.3) is 0 Å². The first-order chi connectivity index (χ1) is 8.77. The highest BCUT2D eigenvalue weighted by molar-refractivity contribution is 7.09. The highest BCUT2D eigenvalue weighted by Crippen LogP contribution is 2.25. The molecule has 102 valence electrons. The lowest BCUT2D eigenvalue weighted by molar-refractivity contribution is 0.340. The third kappa shape index (κ3) is 4.06. The summed E-state index contributed by atoms with van der Waals surface area (Å²) in [6.45, 7) is 5.58. The van der Waals surface area contributed by atoms with Gasteiger partial charge < -0.3 is 5.32 Å². The van der Waals surface area contributed by atoms with E-state index in [9.17, 15) is 0 Å². The Morgan fingerprint density at radius 2 is 2.06 bits per heavy atom. The second-order valence-electron chi connectivity index (χ2n) is 5.61. The van der Waals surface area contributed by atoms with Crippen LogP contribution in [0.5, 0.6) is 0 Å². The minimum Gasteiger partial charge on any atom is -0.314 e. The molecule has 2 nitrogen and oxygen atoms in total. The molecule has 1 aliphatic carbocycles. The molecule has 1 heterocycles. The second kappa shape index (κ2) is 7.25. The van der Waals surface area contributed by atoms with Gasteiger partial charge in [0.1, 0.15) is 0 Å². The molecule has 0 aliphatic heterocycles. The van der Waals surface area contributed by atoms with Crippen molar-refractivity contribution < 1.29 is 0 Å². The largest absolute Gasteiger partial charge is 0.314 e. The summed E-state index contributed by atoms with van der Waals surface area (Å²) in [6, 6.07) is 0.677. The molecule has 0 bridgehead atoms. The third-order valence-corrected chi connectivity index (χ3v) is 5.27. The van der Waals surface area contributed by atoms with Crippen LogP contribution in [0.4, 0.5) is 0 Å². The lowest BCUT2D eigenvalue weighted by Crippen LogP contribution is -2.34. The maximum atomic E-state index is 4.31. The van der Waals surface area contributed by atoms with Crippen LogP contribution in [0, 0.1) is 12.8 Å². The van der Waals surface area contributed by atoms with E-state index in [1.807, 2.05) is 5.51 Å². The van der Waals surface area contributed by atoms with E-state index in [1.54, 1.807) is 11.3 Å². The Hall–Kier alpha value is -0.410. The van der Waals surface area contributed by atoms with Gasteiger partial charge in [-0.25, -0.2) is 4.98 Å². The van der Waals surface area contributed by atoms with Crippen LogP contribution in [0.3, 0.4) is 0 Å². The fourth-order valence-electron chi connectivity index (χ4n) is 2.96. The molecule has 1 aliphatic rings. The Morgan fingerprint density at radius 3 is 2.67 bits per heavy atom. The van der Waals surface area contributed by atoms with Crippen LogP contribution in [0.2, 0.25) is 0 Å². The molecule has 0 unspecified atom stereocenters. The summed E-state index contributed by atoms with van der Waals surface area (Å²) in [5.41, 5.74) is 3.17. The van der Waals surface area contributed by atoms with Gasteiger partial charge in [-0.05, 0) is 39.0 Å². The zero-order valence-corrected chi connectivity index (χ0v) is 12.6. The Labute approximate surface area is 115 Å². The van der Waals surface area contributed by atoms with E-state index in [0.29, 0.717) is 6.04 Å². The van der Waals surface area contributed by atoms with Crippen LogP contribution >= 0.6 is 11.3 Å². The average Bonchev–Trinajstić information content (AvgIpc) is 2.64. The van der Waals surface area contributed by atoms with Crippen molar-refractivity contribution in [3.63, 3.8) is 0 Å². The minimum atomic E-state index is 0.677. The van der Waals surface area contributed by atoms with E-state index >= 15 is 0 Å². The van der Waals surface area contributed by atoms with Crippen LogP contribution in [-0.4, -0.2) is 17.6 Å².